The predicted octanol–water partition coefficient (Wildman–Crippen LogP) is 2.47. The maximum Gasteiger partial charge on any atom is 0.416 e. The molecule has 0 amide bonds. The third-order valence-corrected chi connectivity index (χ3v) is 3.88. The van der Waals surface area contributed by atoms with Gasteiger partial charge in [0, 0.05) is 31.9 Å². The Bertz CT molecular complexity index is 466. The number of likely N-dealkylation sites (N-methyl/N-ethyl adjacent to an activating group) is 1. The number of alkyl halides is 3. The van der Waals surface area contributed by atoms with Crippen LogP contribution < -0.4 is 5.73 Å². The highest BCUT2D eigenvalue weighted by Gasteiger charge is 2.30. The molecule has 1 aliphatic heterocycles. The molecule has 118 valence electrons. The van der Waals surface area contributed by atoms with Gasteiger partial charge in [-0.05, 0) is 50.2 Å². The van der Waals surface area contributed by atoms with E-state index in [4.69, 9.17) is 5.73 Å². The average molecular weight is 301 g/mol. The largest absolute Gasteiger partial charge is 0.416 e. The molecule has 0 spiro atoms. The van der Waals surface area contributed by atoms with E-state index in [9.17, 15) is 13.2 Å². The number of anilines is 1. The molecule has 1 aromatic carbocycles. The molecule has 1 fully saturated rings. The second-order valence-electron chi connectivity index (χ2n) is 5.71. The summed E-state index contributed by atoms with van der Waals surface area (Å²) in [5.41, 5.74) is 5.76. The molecule has 0 bridgehead atoms. The Morgan fingerprint density at radius 2 is 1.76 bits per heavy atom. The molecule has 21 heavy (non-hydrogen) atoms. The fourth-order valence-corrected chi connectivity index (χ4v) is 2.60. The van der Waals surface area contributed by atoms with E-state index in [0.29, 0.717) is 12.0 Å². The summed E-state index contributed by atoms with van der Waals surface area (Å²) in [6.07, 6.45) is -2.85. The van der Waals surface area contributed by atoms with E-state index >= 15 is 0 Å². The Balaban J connectivity index is 1.87. The van der Waals surface area contributed by atoms with Gasteiger partial charge in [-0.2, -0.15) is 13.2 Å². The third-order valence-electron chi connectivity index (χ3n) is 3.88. The van der Waals surface area contributed by atoms with Crippen molar-refractivity contribution < 1.29 is 13.2 Å². The second-order valence-corrected chi connectivity index (χ2v) is 5.71. The standard InChI is InChI=1S/C15H22F3N3/c1-20-5-7-21(8-6-20)4-2-3-12-9-13(15(16,17)18)11-14(19)10-12/h9-11H,2-8,19H2,1H3. The van der Waals surface area contributed by atoms with Crippen molar-refractivity contribution in [3.63, 3.8) is 0 Å². The molecule has 0 aromatic heterocycles. The molecule has 3 nitrogen and oxygen atoms in total. The monoisotopic (exact) mass is 301 g/mol. The quantitative estimate of drug-likeness (QED) is 0.867. The molecule has 1 heterocycles. The molecule has 1 aromatic rings. The summed E-state index contributed by atoms with van der Waals surface area (Å²) in [5.74, 6) is 0. The van der Waals surface area contributed by atoms with Crippen molar-refractivity contribution in [1.29, 1.82) is 0 Å². The van der Waals surface area contributed by atoms with Gasteiger partial charge in [-0.1, -0.05) is 0 Å². The zero-order valence-electron chi connectivity index (χ0n) is 12.3. The SMILES string of the molecule is CN1CCN(CCCc2cc(N)cc(C(F)(F)F)c2)CC1. The Morgan fingerprint density at radius 3 is 2.38 bits per heavy atom. The number of hydrogen-bond donors (Lipinski definition) is 1. The predicted molar refractivity (Wildman–Crippen MR) is 78.1 cm³/mol. The van der Waals surface area contributed by atoms with Crippen LogP contribution in [0.4, 0.5) is 18.9 Å². The van der Waals surface area contributed by atoms with Crippen molar-refractivity contribution in [2.45, 2.75) is 19.0 Å². The lowest BCUT2D eigenvalue weighted by Gasteiger charge is -2.32. The van der Waals surface area contributed by atoms with Crippen LogP contribution in [0.1, 0.15) is 17.5 Å². The number of nitrogens with zero attached hydrogens (tertiary/aromatic N) is 2. The van der Waals surface area contributed by atoms with Gasteiger partial charge in [0.05, 0.1) is 5.56 Å². The van der Waals surface area contributed by atoms with Crippen LogP contribution in [0.3, 0.4) is 0 Å². The molecule has 0 aliphatic carbocycles. The van der Waals surface area contributed by atoms with E-state index < -0.39 is 11.7 Å². The Labute approximate surface area is 123 Å². The molecule has 0 unspecified atom stereocenters. The first-order valence-electron chi connectivity index (χ1n) is 7.22. The number of aryl methyl sites for hydroxylation is 1. The highest BCUT2D eigenvalue weighted by atomic mass is 19.4. The van der Waals surface area contributed by atoms with Crippen molar-refractivity contribution in [1.82, 2.24) is 9.80 Å². The van der Waals surface area contributed by atoms with Gasteiger partial charge in [-0.25, -0.2) is 0 Å². The minimum atomic E-state index is -4.33. The van der Waals surface area contributed by atoms with Crippen LogP contribution in [-0.4, -0.2) is 49.6 Å². The highest BCUT2D eigenvalue weighted by Crippen LogP contribution is 2.31. The fraction of sp³-hybridized carbons (Fsp3) is 0.600. The lowest BCUT2D eigenvalue weighted by atomic mass is 10.0. The number of nitrogen functional groups attached to an aromatic ring is 1. The topological polar surface area (TPSA) is 32.5 Å². The number of nitrogens with two attached hydrogens (primary N) is 1. The third kappa shape index (κ3) is 4.89. The Morgan fingerprint density at radius 1 is 1.10 bits per heavy atom. The van der Waals surface area contributed by atoms with E-state index in [0.717, 1.165) is 45.2 Å². The minimum Gasteiger partial charge on any atom is -0.399 e. The number of rotatable bonds is 4. The summed E-state index contributed by atoms with van der Waals surface area (Å²) in [6, 6.07) is 3.84. The maximum atomic E-state index is 12.7. The van der Waals surface area contributed by atoms with Crippen LogP contribution in [-0.2, 0) is 12.6 Å². The summed E-state index contributed by atoms with van der Waals surface area (Å²) in [7, 11) is 2.10. The minimum absolute atomic E-state index is 0.180. The van der Waals surface area contributed by atoms with E-state index in [1.165, 1.54) is 6.07 Å². The molecule has 0 saturated carbocycles. The van der Waals surface area contributed by atoms with E-state index in [1.807, 2.05) is 0 Å². The molecule has 1 saturated heterocycles. The van der Waals surface area contributed by atoms with Crippen molar-refractivity contribution in [2.75, 3.05) is 45.5 Å². The molecule has 2 N–H and O–H groups in total. The molecule has 6 heteroatoms. The van der Waals surface area contributed by atoms with Crippen molar-refractivity contribution in [2.24, 2.45) is 0 Å². The van der Waals surface area contributed by atoms with Crippen molar-refractivity contribution >= 4 is 5.69 Å². The molecule has 0 atom stereocenters. The molecule has 0 radical (unpaired) electrons. The van der Waals surface area contributed by atoms with Crippen LogP contribution in [0, 0.1) is 0 Å². The van der Waals surface area contributed by atoms with Crippen LogP contribution in [0.2, 0.25) is 0 Å². The molecule has 2 rings (SSSR count). The zero-order chi connectivity index (χ0) is 15.5. The van der Waals surface area contributed by atoms with Gasteiger partial charge in [-0.15, -0.1) is 0 Å². The van der Waals surface area contributed by atoms with Crippen LogP contribution in [0.5, 0.6) is 0 Å². The van der Waals surface area contributed by atoms with Crippen LogP contribution >= 0.6 is 0 Å². The first-order chi connectivity index (χ1) is 9.84. The van der Waals surface area contributed by atoms with Crippen molar-refractivity contribution in [3.05, 3.63) is 29.3 Å². The second kappa shape index (κ2) is 6.66. The van der Waals surface area contributed by atoms with Crippen LogP contribution in [0.25, 0.3) is 0 Å². The first kappa shape index (κ1) is 16.1. The van der Waals surface area contributed by atoms with Gasteiger partial charge in [0.25, 0.3) is 0 Å². The summed E-state index contributed by atoms with van der Waals surface area (Å²) in [4.78, 5) is 4.64. The lowest BCUT2D eigenvalue weighted by molar-refractivity contribution is -0.137. The number of halogens is 3. The highest BCUT2D eigenvalue weighted by molar-refractivity contribution is 5.45. The van der Waals surface area contributed by atoms with E-state index in [2.05, 4.69) is 16.8 Å². The molecule has 1 aliphatic rings. The van der Waals surface area contributed by atoms with Gasteiger partial charge in [-0.3, -0.25) is 0 Å². The summed E-state index contributed by atoms with van der Waals surface area (Å²) in [5, 5.41) is 0. The lowest BCUT2D eigenvalue weighted by Crippen LogP contribution is -2.44. The van der Waals surface area contributed by atoms with Gasteiger partial charge in [0.2, 0.25) is 0 Å². The van der Waals surface area contributed by atoms with Crippen molar-refractivity contribution in [3.8, 4) is 0 Å². The fourth-order valence-electron chi connectivity index (χ4n) is 2.60. The number of benzene rings is 1. The Kier molecular flexibility index (Phi) is 5.11. The van der Waals surface area contributed by atoms with Crippen LogP contribution in [0.15, 0.2) is 18.2 Å². The van der Waals surface area contributed by atoms with Gasteiger partial charge in [0.15, 0.2) is 0 Å². The normalized spacial score (nSPS) is 18.1. The Hall–Kier alpha value is -1.27. The van der Waals surface area contributed by atoms with Gasteiger partial charge >= 0.3 is 6.18 Å². The zero-order valence-corrected chi connectivity index (χ0v) is 12.3. The van der Waals surface area contributed by atoms with Gasteiger partial charge in [0.1, 0.15) is 0 Å². The smallest absolute Gasteiger partial charge is 0.399 e. The molecular formula is C15H22F3N3. The van der Waals surface area contributed by atoms with Gasteiger partial charge < -0.3 is 15.5 Å². The average Bonchev–Trinajstić information content (AvgIpc) is 2.39. The maximum absolute atomic E-state index is 12.7. The number of hydrogen-bond acceptors (Lipinski definition) is 3. The van der Waals surface area contributed by atoms with E-state index in [1.54, 1.807) is 6.07 Å². The first-order valence-corrected chi connectivity index (χ1v) is 7.22. The van der Waals surface area contributed by atoms with E-state index in [-0.39, 0.29) is 5.69 Å². The summed E-state index contributed by atoms with van der Waals surface area (Å²) >= 11 is 0. The summed E-state index contributed by atoms with van der Waals surface area (Å²) < 4.78 is 38.2. The number of piperazine rings is 1. The summed E-state index contributed by atoms with van der Waals surface area (Å²) in [6.45, 7) is 5.08. The molecular weight excluding hydrogens is 279 g/mol.